The molecule has 4 aromatic rings. The zero-order chi connectivity index (χ0) is 29.5. The quantitative estimate of drug-likeness (QED) is 0.140. The van der Waals surface area contributed by atoms with Crippen LogP contribution in [0.2, 0.25) is 0 Å². The van der Waals surface area contributed by atoms with Crippen LogP contribution in [0.15, 0.2) is 70.5 Å². The van der Waals surface area contributed by atoms with Gasteiger partial charge in [0.2, 0.25) is 0 Å². The molecule has 0 aromatic heterocycles. The Morgan fingerprint density at radius 2 is 0.805 bits per heavy atom. The fourth-order valence-electron chi connectivity index (χ4n) is 5.03. The van der Waals surface area contributed by atoms with Gasteiger partial charge in [-0.3, -0.25) is 0 Å². The van der Waals surface area contributed by atoms with Gasteiger partial charge < -0.3 is 9.11 Å². The van der Waals surface area contributed by atoms with E-state index in [0.717, 1.165) is 84.4 Å². The predicted octanol–water partition coefficient (Wildman–Crippen LogP) is 6.92. The SMILES string of the molecule is CCCc1cc(S(=O)(=O)[O-])c2cc(CCC)ccc2c1.CCCc1cc(S(=O)(=O)[O-])c2cc(CCC)ccc2c1.[Ca+2]. The van der Waals surface area contributed by atoms with E-state index in [1.165, 1.54) is 12.1 Å². The maximum absolute atomic E-state index is 11.5. The van der Waals surface area contributed by atoms with E-state index in [0.29, 0.717) is 10.8 Å². The van der Waals surface area contributed by atoms with Gasteiger partial charge in [0.25, 0.3) is 0 Å². The normalized spacial score (nSPS) is 11.7. The molecule has 216 valence electrons. The molecular formula is C32H38CaO6S2. The zero-order valence-corrected chi connectivity index (χ0v) is 28.2. The first-order chi connectivity index (χ1) is 18.9. The van der Waals surface area contributed by atoms with Crippen LogP contribution in [-0.4, -0.2) is 63.7 Å². The summed E-state index contributed by atoms with van der Waals surface area (Å²) < 4.78 is 69.1. The zero-order valence-electron chi connectivity index (χ0n) is 24.4. The van der Waals surface area contributed by atoms with Crippen molar-refractivity contribution < 1.29 is 25.9 Å². The number of benzene rings is 4. The first-order valence-electron chi connectivity index (χ1n) is 13.9. The smallest absolute Gasteiger partial charge is 0.744 e. The molecule has 4 rings (SSSR count). The van der Waals surface area contributed by atoms with E-state index in [9.17, 15) is 25.9 Å². The summed E-state index contributed by atoms with van der Waals surface area (Å²) in [6, 6.07) is 18.5. The molecule has 0 radical (unpaired) electrons. The molecule has 0 heterocycles. The van der Waals surface area contributed by atoms with Crippen molar-refractivity contribution in [1.29, 1.82) is 0 Å². The van der Waals surface area contributed by atoms with Gasteiger partial charge in [0.15, 0.2) is 0 Å². The van der Waals surface area contributed by atoms with E-state index in [4.69, 9.17) is 0 Å². The van der Waals surface area contributed by atoms with Gasteiger partial charge in [0, 0.05) is 0 Å². The summed E-state index contributed by atoms with van der Waals surface area (Å²) in [4.78, 5) is -0.173. The van der Waals surface area contributed by atoms with Crippen molar-refractivity contribution in [2.45, 2.75) is 88.9 Å². The summed E-state index contributed by atoms with van der Waals surface area (Å²) in [5, 5.41) is 2.74. The van der Waals surface area contributed by atoms with E-state index >= 15 is 0 Å². The summed E-state index contributed by atoms with van der Waals surface area (Å²) in [6.45, 7) is 8.19. The number of aryl methyl sites for hydroxylation is 4. The largest absolute Gasteiger partial charge is 2.00 e. The third kappa shape index (κ3) is 9.75. The van der Waals surface area contributed by atoms with Crippen molar-refractivity contribution >= 4 is 79.5 Å². The van der Waals surface area contributed by atoms with E-state index in [1.807, 2.05) is 62.4 Å². The van der Waals surface area contributed by atoms with Crippen LogP contribution in [0.25, 0.3) is 21.5 Å². The molecular weight excluding hydrogens is 585 g/mol. The Labute approximate surface area is 275 Å². The Morgan fingerprint density at radius 3 is 1.10 bits per heavy atom. The maximum Gasteiger partial charge on any atom is 2.00 e. The van der Waals surface area contributed by atoms with Gasteiger partial charge in [-0.1, -0.05) is 89.8 Å². The molecule has 0 bridgehead atoms. The minimum absolute atomic E-state index is 0. The van der Waals surface area contributed by atoms with Crippen LogP contribution >= 0.6 is 0 Å². The molecule has 0 saturated heterocycles. The average molecular weight is 623 g/mol. The first kappa shape index (κ1) is 35.7. The molecule has 4 aromatic carbocycles. The molecule has 0 fully saturated rings. The van der Waals surface area contributed by atoms with Crippen LogP contribution in [0, 0.1) is 0 Å². The van der Waals surface area contributed by atoms with Gasteiger partial charge in [0.1, 0.15) is 20.2 Å². The topological polar surface area (TPSA) is 114 Å². The van der Waals surface area contributed by atoms with Crippen molar-refractivity contribution in [3.63, 3.8) is 0 Å². The van der Waals surface area contributed by atoms with Crippen LogP contribution in [0.5, 0.6) is 0 Å². The molecule has 0 aliphatic carbocycles. The van der Waals surface area contributed by atoms with Crippen LogP contribution in [0.1, 0.15) is 75.6 Å². The van der Waals surface area contributed by atoms with Crippen molar-refractivity contribution in [3.05, 3.63) is 82.9 Å². The molecule has 41 heavy (non-hydrogen) atoms. The third-order valence-corrected chi connectivity index (χ3v) is 8.53. The van der Waals surface area contributed by atoms with E-state index in [1.54, 1.807) is 0 Å². The Morgan fingerprint density at radius 1 is 0.488 bits per heavy atom. The van der Waals surface area contributed by atoms with Gasteiger partial charge in [0.05, 0.1) is 9.79 Å². The summed E-state index contributed by atoms with van der Waals surface area (Å²) >= 11 is 0. The number of fused-ring (bicyclic) bond motifs is 2. The first-order valence-corrected chi connectivity index (χ1v) is 16.8. The fraction of sp³-hybridized carbons (Fsp3) is 0.375. The summed E-state index contributed by atoms with van der Waals surface area (Å²) in [5.41, 5.74) is 3.93. The Hall–Kier alpha value is -1.52. The third-order valence-electron chi connectivity index (χ3n) is 6.77. The van der Waals surface area contributed by atoms with Crippen LogP contribution in [0.4, 0.5) is 0 Å². The molecule has 0 aliphatic heterocycles. The van der Waals surface area contributed by atoms with Gasteiger partial charge in [-0.25, -0.2) is 16.8 Å². The van der Waals surface area contributed by atoms with Gasteiger partial charge in [-0.15, -0.1) is 0 Å². The van der Waals surface area contributed by atoms with Crippen molar-refractivity contribution in [2.24, 2.45) is 0 Å². The Bertz CT molecular complexity index is 1570. The maximum atomic E-state index is 11.5. The molecule has 9 heteroatoms. The molecule has 0 saturated carbocycles. The number of hydrogen-bond acceptors (Lipinski definition) is 6. The number of rotatable bonds is 10. The molecule has 6 nitrogen and oxygen atoms in total. The summed E-state index contributed by atoms with van der Waals surface area (Å²) in [6.07, 6.45) is 7.10. The minimum Gasteiger partial charge on any atom is -0.744 e. The second-order valence-corrected chi connectivity index (χ2v) is 12.9. The van der Waals surface area contributed by atoms with Gasteiger partial charge >= 0.3 is 37.7 Å². The van der Waals surface area contributed by atoms with Gasteiger partial charge in [-0.2, -0.15) is 0 Å². The van der Waals surface area contributed by atoms with Gasteiger partial charge in [-0.05, 0) is 93.7 Å². The molecule has 0 spiro atoms. The summed E-state index contributed by atoms with van der Waals surface area (Å²) in [7, 11) is -8.90. The van der Waals surface area contributed by atoms with E-state index in [2.05, 4.69) is 13.8 Å². The second kappa shape index (κ2) is 15.8. The number of hydrogen-bond donors (Lipinski definition) is 0. The second-order valence-electron chi connectivity index (χ2n) is 10.2. The van der Waals surface area contributed by atoms with E-state index in [-0.39, 0.29) is 47.5 Å². The molecule has 0 aliphatic rings. The minimum atomic E-state index is -4.45. The Kier molecular flexibility index (Phi) is 13.8. The van der Waals surface area contributed by atoms with Crippen molar-refractivity contribution in [2.75, 3.05) is 0 Å². The average Bonchev–Trinajstić information content (AvgIpc) is 2.88. The van der Waals surface area contributed by atoms with Crippen molar-refractivity contribution in [3.8, 4) is 0 Å². The molecule has 0 amide bonds. The van der Waals surface area contributed by atoms with Crippen LogP contribution < -0.4 is 0 Å². The predicted molar refractivity (Wildman–Crippen MR) is 166 cm³/mol. The monoisotopic (exact) mass is 622 g/mol. The van der Waals surface area contributed by atoms with Crippen LogP contribution in [0.3, 0.4) is 0 Å². The van der Waals surface area contributed by atoms with E-state index < -0.39 is 20.2 Å². The molecule has 0 unspecified atom stereocenters. The molecule has 0 N–H and O–H groups in total. The van der Waals surface area contributed by atoms with Crippen LogP contribution in [-0.2, 0) is 45.9 Å². The summed E-state index contributed by atoms with van der Waals surface area (Å²) in [5.74, 6) is 0. The standard InChI is InChI=1S/2C16H20O3S.Ca/c2*1-3-5-12-7-8-14-9-13(6-4-2)11-16(15(14)10-12)20(17,18)19;/h2*7-11H,3-6H2,1-2H3,(H,17,18,19);/q;;+2/p-2. The Balaban J connectivity index is 0.000000280. The molecule has 0 atom stereocenters. The van der Waals surface area contributed by atoms with Crippen molar-refractivity contribution in [1.82, 2.24) is 0 Å². The fourth-order valence-corrected chi connectivity index (χ4v) is 6.51.